The van der Waals surface area contributed by atoms with Crippen molar-refractivity contribution in [1.29, 1.82) is 0 Å². The number of ether oxygens (including phenoxy) is 2. The van der Waals surface area contributed by atoms with E-state index in [-0.39, 0.29) is 12.5 Å². The first-order valence-corrected chi connectivity index (χ1v) is 10.1. The van der Waals surface area contributed by atoms with Crippen molar-refractivity contribution in [3.8, 4) is 11.5 Å². The molecule has 1 amide bonds. The largest absolute Gasteiger partial charge is 0.493 e. The zero-order valence-corrected chi connectivity index (χ0v) is 17.4. The summed E-state index contributed by atoms with van der Waals surface area (Å²) < 4.78 is 11.5. The first-order chi connectivity index (χ1) is 14.6. The second-order valence-corrected chi connectivity index (χ2v) is 7.43. The van der Waals surface area contributed by atoms with Crippen LogP contribution < -0.4 is 20.1 Å². The standard InChI is InChI=1S/C25H28N2O3/c1-19(2)17-29-24-10-6-9-22(15-24)26-16-25(28)27-21-11-13-23(14-12-21)30-18-20-7-4-3-5-8-20/h3-15,19,26H,16-18H2,1-2H3,(H,27,28). The van der Waals surface area contributed by atoms with E-state index in [9.17, 15) is 4.79 Å². The molecule has 0 spiro atoms. The summed E-state index contributed by atoms with van der Waals surface area (Å²) >= 11 is 0. The van der Waals surface area contributed by atoms with Crippen molar-refractivity contribution in [2.24, 2.45) is 5.92 Å². The van der Waals surface area contributed by atoms with Crippen molar-refractivity contribution in [3.63, 3.8) is 0 Å². The molecule has 0 heterocycles. The van der Waals surface area contributed by atoms with Crippen molar-refractivity contribution in [2.45, 2.75) is 20.5 Å². The molecular weight excluding hydrogens is 376 g/mol. The number of nitrogens with one attached hydrogen (secondary N) is 2. The van der Waals surface area contributed by atoms with Crippen molar-refractivity contribution < 1.29 is 14.3 Å². The Balaban J connectivity index is 1.44. The van der Waals surface area contributed by atoms with Crippen molar-refractivity contribution in [3.05, 3.63) is 84.4 Å². The van der Waals surface area contributed by atoms with E-state index < -0.39 is 0 Å². The highest BCUT2D eigenvalue weighted by atomic mass is 16.5. The van der Waals surface area contributed by atoms with Gasteiger partial charge in [-0.1, -0.05) is 50.2 Å². The van der Waals surface area contributed by atoms with Crippen LogP contribution in [0.4, 0.5) is 11.4 Å². The van der Waals surface area contributed by atoms with Crippen LogP contribution in [-0.2, 0) is 11.4 Å². The highest BCUT2D eigenvalue weighted by Gasteiger charge is 2.04. The van der Waals surface area contributed by atoms with Gasteiger partial charge in [0.15, 0.2) is 0 Å². The molecule has 3 rings (SSSR count). The maximum Gasteiger partial charge on any atom is 0.243 e. The Labute approximate surface area is 178 Å². The van der Waals surface area contributed by atoms with E-state index in [1.165, 1.54) is 0 Å². The molecule has 5 heteroatoms. The smallest absolute Gasteiger partial charge is 0.243 e. The Hall–Kier alpha value is -3.47. The molecule has 0 aliphatic heterocycles. The van der Waals surface area contributed by atoms with E-state index in [4.69, 9.17) is 9.47 Å². The molecule has 0 bridgehead atoms. The molecule has 156 valence electrons. The third kappa shape index (κ3) is 7.17. The SMILES string of the molecule is CC(C)COc1cccc(NCC(=O)Nc2ccc(OCc3ccccc3)cc2)c1. The monoisotopic (exact) mass is 404 g/mol. The lowest BCUT2D eigenvalue weighted by Gasteiger charge is -2.12. The normalized spacial score (nSPS) is 10.5. The number of carbonyl (C=O) groups is 1. The Morgan fingerprint density at radius 2 is 1.60 bits per heavy atom. The van der Waals surface area contributed by atoms with E-state index >= 15 is 0 Å². The fraction of sp³-hybridized carbons (Fsp3) is 0.240. The third-order valence-electron chi connectivity index (χ3n) is 4.26. The van der Waals surface area contributed by atoms with Crippen molar-refractivity contribution in [1.82, 2.24) is 0 Å². The Morgan fingerprint density at radius 1 is 0.833 bits per heavy atom. The van der Waals surface area contributed by atoms with Crippen LogP contribution in [0.15, 0.2) is 78.9 Å². The maximum atomic E-state index is 12.2. The number of anilines is 2. The van der Waals surface area contributed by atoms with Gasteiger partial charge in [-0.25, -0.2) is 0 Å². The van der Waals surface area contributed by atoms with Crippen LogP contribution in [0.1, 0.15) is 19.4 Å². The summed E-state index contributed by atoms with van der Waals surface area (Å²) in [7, 11) is 0. The van der Waals surface area contributed by atoms with E-state index in [0.29, 0.717) is 19.1 Å². The number of benzene rings is 3. The van der Waals surface area contributed by atoms with Gasteiger partial charge in [-0.15, -0.1) is 0 Å². The van der Waals surface area contributed by atoms with Crippen LogP contribution in [-0.4, -0.2) is 19.1 Å². The van der Waals surface area contributed by atoms with Gasteiger partial charge in [-0.2, -0.15) is 0 Å². The number of rotatable bonds is 10. The van der Waals surface area contributed by atoms with Gasteiger partial charge in [0.25, 0.3) is 0 Å². The minimum Gasteiger partial charge on any atom is -0.493 e. The number of hydrogen-bond donors (Lipinski definition) is 2. The Morgan fingerprint density at radius 3 is 2.33 bits per heavy atom. The molecule has 2 N–H and O–H groups in total. The molecule has 3 aromatic rings. The van der Waals surface area contributed by atoms with E-state index in [1.807, 2.05) is 78.9 Å². The van der Waals surface area contributed by atoms with Crippen LogP contribution in [0.3, 0.4) is 0 Å². The first kappa shape index (κ1) is 21.2. The van der Waals surface area contributed by atoms with Gasteiger partial charge in [0.2, 0.25) is 5.91 Å². The van der Waals surface area contributed by atoms with Crippen LogP contribution in [0.5, 0.6) is 11.5 Å². The average Bonchev–Trinajstić information content (AvgIpc) is 2.77. The lowest BCUT2D eigenvalue weighted by atomic mass is 10.2. The zero-order chi connectivity index (χ0) is 21.2. The second kappa shape index (κ2) is 10.9. The Bertz CT molecular complexity index is 925. The fourth-order valence-corrected chi connectivity index (χ4v) is 2.72. The third-order valence-corrected chi connectivity index (χ3v) is 4.26. The molecule has 0 aliphatic rings. The molecule has 0 aliphatic carbocycles. The number of hydrogen-bond acceptors (Lipinski definition) is 4. The van der Waals surface area contributed by atoms with Gasteiger partial charge < -0.3 is 20.1 Å². The van der Waals surface area contributed by atoms with E-state index in [2.05, 4.69) is 24.5 Å². The molecule has 0 saturated heterocycles. The fourth-order valence-electron chi connectivity index (χ4n) is 2.72. The predicted octanol–water partition coefficient (Wildman–Crippen LogP) is 5.35. The van der Waals surface area contributed by atoms with Crippen LogP contribution in [0.25, 0.3) is 0 Å². The van der Waals surface area contributed by atoms with E-state index in [1.54, 1.807) is 0 Å². The van der Waals surface area contributed by atoms with E-state index in [0.717, 1.165) is 28.4 Å². The topological polar surface area (TPSA) is 59.6 Å². The molecular formula is C25H28N2O3. The lowest BCUT2D eigenvalue weighted by molar-refractivity contribution is -0.114. The molecule has 0 fully saturated rings. The van der Waals surface area contributed by atoms with Crippen LogP contribution in [0, 0.1) is 5.92 Å². The molecule has 3 aromatic carbocycles. The second-order valence-electron chi connectivity index (χ2n) is 7.43. The lowest BCUT2D eigenvalue weighted by Crippen LogP contribution is -2.21. The van der Waals surface area contributed by atoms with Crippen molar-refractivity contribution >= 4 is 17.3 Å². The average molecular weight is 405 g/mol. The maximum absolute atomic E-state index is 12.2. The van der Waals surface area contributed by atoms with Gasteiger partial charge in [-0.3, -0.25) is 4.79 Å². The first-order valence-electron chi connectivity index (χ1n) is 10.1. The highest BCUT2D eigenvalue weighted by molar-refractivity contribution is 5.93. The summed E-state index contributed by atoms with van der Waals surface area (Å²) in [6.07, 6.45) is 0. The molecule has 0 atom stereocenters. The summed E-state index contributed by atoms with van der Waals surface area (Å²) in [4.78, 5) is 12.2. The van der Waals surface area contributed by atoms with Gasteiger partial charge in [0, 0.05) is 17.4 Å². The van der Waals surface area contributed by atoms with Crippen LogP contribution >= 0.6 is 0 Å². The van der Waals surface area contributed by atoms with Crippen molar-refractivity contribution in [2.75, 3.05) is 23.8 Å². The van der Waals surface area contributed by atoms with Gasteiger partial charge in [0.05, 0.1) is 13.2 Å². The summed E-state index contributed by atoms with van der Waals surface area (Å²) in [5, 5.41) is 6.01. The summed E-state index contributed by atoms with van der Waals surface area (Å²) in [5.74, 6) is 1.89. The minimum absolute atomic E-state index is 0.124. The molecule has 0 radical (unpaired) electrons. The minimum atomic E-state index is -0.124. The predicted molar refractivity (Wildman–Crippen MR) is 121 cm³/mol. The Kier molecular flexibility index (Phi) is 7.72. The van der Waals surface area contributed by atoms with Crippen LogP contribution in [0.2, 0.25) is 0 Å². The molecule has 0 saturated carbocycles. The molecule has 30 heavy (non-hydrogen) atoms. The number of amides is 1. The van der Waals surface area contributed by atoms with Gasteiger partial charge in [0.1, 0.15) is 18.1 Å². The zero-order valence-electron chi connectivity index (χ0n) is 17.4. The molecule has 0 unspecified atom stereocenters. The quantitative estimate of drug-likeness (QED) is 0.478. The summed E-state index contributed by atoms with van der Waals surface area (Å²) in [6, 6.07) is 25.0. The number of carbonyl (C=O) groups excluding carboxylic acids is 1. The summed E-state index contributed by atoms with van der Waals surface area (Å²) in [6.45, 7) is 5.55. The van der Waals surface area contributed by atoms with Gasteiger partial charge >= 0.3 is 0 Å². The molecule has 0 aromatic heterocycles. The summed E-state index contributed by atoms with van der Waals surface area (Å²) in [5.41, 5.74) is 2.68. The van der Waals surface area contributed by atoms with Gasteiger partial charge in [-0.05, 0) is 47.9 Å². The molecule has 5 nitrogen and oxygen atoms in total. The highest BCUT2D eigenvalue weighted by Crippen LogP contribution is 2.19.